The minimum absolute atomic E-state index is 0.0103. The molecule has 6 nitrogen and oxygen atoms in total. The molecule has 3 rings (SSSR count). The Balaban J connectivity index is 1.78. The highest BCUT2D eigenvalue weighted by Crippen LogP contribution is 2.26. The lowest BCUT2D eigenvalue weighted by atomic mass is 10.1. The average molecular weight is 341 g/mol. The zero-order valence-electron chi connectivity index (χ0n) is 12.4. The Hall–Kier alpha value is -3.05. The van der Waals surface area contributed by atoms with Crippen molar-refractivity contribution >= 4 is 17.2 Å². The Morgan fingerprint density at radius 1 is 1.38 bits per heavy atom. The number of carbonyl (C=O) groups is 1. The van der Waals surface area contributed by atoms with Gasteiger partial charge in [-0.3, -0.25) is 4.79 Å². The van der Waals surface area contributed by atoms with Crippen LogP contribution in [0.1, 0.15) is 22.3 Å². The van der Waals surface area contributed by atoms with Crippen LogP contribution in [0.25, 0.3) is 0 Å². The summed E-state index contributed by atoms with van der Waals surface area (Å²) < 4.78 is 14.4. The zero-order chi connectivity index (χ0) is 16.9. The van der Waals surface area contributed by atoms with Crippen LogP contribution in [0, 0.1) is 17.1 Å². The van der Waals surface area contributed by atoms with Gasteiger partial charge in [-0.1, -0.05) is 18.2 Å². The van der Waals surface area contributed by atoms with Crippen molar-refractivity contribution in [3.05, 3.63) is 70.2 Å². The maximum absolute atomic E-state index is 13.1. The van der Waals surface area contributed by atoms with Crippen LogP contribution in [-0.4, -0.2) is 20.7 Å². The molecule has 1 amide bonds. The van der Waals surface area contributed by atoms with Crippen LogP contribution in [-0.2, 0) is 11.3 Å². The number of halogens is 1. The minimum Gasteiger partial charge on any atom is -0.343 e. The first-order chi connectivity index (χ1) is 11.7. The summed E-state index contributed by atoms with van der Waals surface area (Å²) >= 11 is 1.50. The minimum atomic E-state index is -0.378. The molecule has 0 saturated carbocycles. The molecular formula is C16H12FN5OS. The van der Waals surface area contributed by atoms with E-state index in [4.69, 9.17) is 5.26 Å². The van der Waals surface area contributed by atoms with E-state index in [0.29, 0.717) is 0 Å². The van der Waals surface area contributed by atoms with Crippen LogP contribution in [0.2, 0.25) is 0 Å². The van der Waals surface area contributed by atoms with Gasteiger partial charge in [0.1, 0.15) is 24.8 Å². The van der Waals surface area contributed by atoms with Gasteiger partial charge in [0, 0.05) is 4.88 Å². The van der Waals surface area contributed by atoms with Crippen LogP contribution in [0.3, 0.4) is 0 Å². The molecule has 24 heavy (non-hydrogen) atoms. The van der Waals surface area contributed by atoms with Gasteiger partial charge in [0.15, 0.2) is 0 Å². The number of hydrogen-bond acceptors (Lipinski definition) is 5. The third-order valence-corrected chi connectivity index (χ3v) is 4.22. The molecule has 2 heterocycles. The summed E-state index contributed by atoms with van der Waals surface area (Å²) in [5, 5.41) is 17.4. The summed E-state index contributed by atoms with van der Waals surface area (Å²) in [7, 11) is 0. The second-order valence-electron chi connectivity index (χ2n) is 4.95. The lowest BCUT2D eigenvalue weighted by Gasteiger charge is -2.18. The fourth-order valence-corrected chi connectivity index (χ4v) is 3.01. The first kappa shape index (κ1) is 15.8. The molecule has 1 atom stereocenters. The van der Waals surface area contributed by atoms with Gasteiger partial charge in [-0.15, -0.1) is 16.4 Å². The van der Waals surface area contributed by atoms with Crippen LogP contribution in [0.4, 0.5) is 4.39 Å². The first-order valence-corrected chi connectivity index (χ1v) is 7.91. The van der Waals surface area contributed by atoms with E-state index in [1.807, 2.05) is 17.5 Å². The van der Waals surface area contributed by atoms with Gasteiger partial charge in [0.2, 0.25) is 5.91 Å². The predicted octanol–water partition coefficient (Wildman–Crippen LogP) is 2.26. The summed E-state index contributed by atoms with van der Waals surface area (Å²) in [5.41, 5.74) is 0.781. The highest BCUT2D eigenvalue weighted by Gasteiger charge is 2.18. The molecule has 1 N–H and O–H groups in total. The molecule has 0 aliphatic rings. The molecule has 0 aliphatic carbocycles. The molecule has 8 heteroatoms. The van der Waals surface area contributed by atoms with Crippen LogP contribution < -0.4 is 5.32 Å². The quantitative estimate of drug-likeness (QED) is 0.771. The van der Waals surface area contributed by atoms with E-state index >= 15 is 0 Å². The Labute approximate surface area is 141 Å². The number of amides is 1. The lowest BCUT2D eigenvalue weighted by Crippen LogP contribution is -2.32. The number of rotatable bonds is 5. The monoisotopic (exact) mass is 341 g/mol. The molecule has 0 fully saturated rings. The molecule has 0 spiro atoms. The van der Waals surface area contributed by atoms with Gasteiger partial charge < -0.3 is 5.32 Å². The number of nitriles is 1. The number of hydrogen-bond donors (Lipinski definition) is 1. The summed E-state index contributed by atoms with van der Waals surface area (Å²) in [6, 6.07) is 11.2. The summed E-state index contributed by atoms with van der Waals surface area (Å²) in [6.07, 6.45) is 1.33. The smallest absolute Gasteiger partial charge is 0.252 e. The third kappa shape index (κ3) is 3.64. The molecule has 0 unspecified atom stereocenters. The van der Waals surface area contributed by atoms with Gasteiger partial charge in [-0.25, -0.2) is 14.1 Å². The maximum atomic E-state index is 13.1. The number of nitrogens with one attached hydrogen (secondary N) is 1. The molecule has 0 saturated heterocycles. The van der Waals surface area contributed by atoms with E-state index in [-0.39, 0.29) is 30.1 Å². The normalized spacial score (nSPS) is 11.7. The van der Waals surface area contributed by atoms with Crippen molar-refractivity contribution in [2.45, 2.75) is 12.6 Å². The SMILES string of the molecule is N#Cc1ncn(CC(=O)N[C@H](c2ccc(F)cc2)c2cccs2)n1. The summed E-state index contributed by atoms with van der Waals surface area (Å²) in [6.45, 7) is -0.0578. The number of thiophene rings is 1. The fourth-order valence-electron chi connectivity index (χ4n) is 2.21. The van der Waals surface area contributed by atoms with E-state index in [1.165, 1.54) is 34.5 Å². The van der Waals surface area contributed by atoms with Crippen molar-refractivity contribution in [1.82, 2.24) is 20.1 Å². The van der Waals surface area contributed by atoms with Crippen molar-refractivity contribution in [3.8, 4) is 6.07 Å². The van der Waals surface area contributed by atoms with Gasteiger partial charge in [-0.05, 0) is 29.1 Å². The molecule has 120 valence electrons. The van der Waals surface area contributed by atoms with Crippen LogP contribution >= 0.6 is 11.3 Å². The van der Waals surface area contributed by atoms with Crippen molar-refractivity contribution in [3.63, 3.8) is 0 Å². The van der Waals surface area contributed by atoms with Crippen molar-refractivity contribution in [1.29, 1.82) is 5.26 Å². The fraction of sp³-hybridized carbons (Fsp3) is 0.125. The highest BCUT2D eigenvalue weighted by molar-refractivity contribution is 7.10. The standard InChI is InChI=1S/C16H12FN5OS/c17-12-5-3-11(4-6-12)16(13-2-1-7-24-13)20-15(23)9-22-10-19-14(8-18)21-22/h1-7,10,16H,9H2,(H,20,23)/t16-/m1/s1. The van der Waals surface area contributed by atoms with Crippen molar-refractivity contribution in [2.24, 2.45) is 0 Å². The summed E-state index contributed by atoms with van der Waals surface area (Å²) in [5.74, 6) is -0.607. The van der Waals surface area contributed by atoms with Gasteiger partial charge in [0.05, 0.1) is 6.04 Å². The second-order valence-corrected chi connectivity index (χ2v) is 5.92. The molecule has 1 aromatic carbocycles. The maximum Gasteiger partial charge on any atom is 0.252 e. The van der Waals surface area contributed by atoms with E-state index < -0.39 is 0 Å². The molecule has 2 aromatic heterocycles. The zero-order valence-corrected chi connectivity index (χ0v) is 13.2. The Bertz CT molecular complexity index is 867. The Kier molecular flexibility index (Phi) is 4.63. The van der Waals surface area contributed by atoms with Gasteiger partial charge in [-0.2, -0.15) is 5.26 Å². The first-order valence-electron chi connectivity index (χ1n) is 7.03. The Morgan fingerprint density at radius 3 is 2.79 bits per heavy atom. The lowest BCUT2D eigenvalue weighted by molar-refractivity contribution is -0.122. The van der Waals surface area contributed by atoms with Crippen molar-refractivity contribution < 1.29 is 9.18 Å². The van der Waals surface area contributed by atoms with Crippen LogP contribution in [0.15, 0.2) is 48.1 Å². The largest absolute Gasteiger partial charge is 0.343 e. The molecule has 0 bridgehead atoms. The van der Waals surface area contributed by atoms with Gasteiger partial charge in [0.25, 0.3) is 5.82 Å². The Morgan fingerprint density at radius 2 is 2.17 bits per heavy atom. The predicted molar refractivity (Wildman–Crippen MR) is 85.4 cm³/mol. The topological polar surface area (TPSA) is 83.6 Å². The van der Waals surface area contributed by atoms with E-state index in [9.17, 15) is 9.18 Å². The van der Waals surface area contributed by atoms with E-state index in [0.717, 1.165) is 10.4 Å². The van der Waals surface area contributed by atoms with Crippen molar-refractivity contribution in [2.75, 3.05) is 0 Å². The summed E-state index contributed by atoms with van der Waals surface area (Å²) in [4.78, 5) is 17.0. The number of benzene rings is 1. The molecule has 0 radical (unpaired) electrons. The van der Waals surface area contributed by atoms with Gasteiger partial charge >= 0.3 is 0 Å². The molecule has 0 aliphatic heterocycles. The number of aromatic nitrogens is 3. The van der Waals surface area contributed by atoms with E-state index in [1.54, 1.807) is 18.2 Å². The van der Waals surface area contributed by atoms with E-state index in [2.05, 4.69) is 15.4 Å². The number of nitrogens with zero attached hydrogens (tertiary/aromatic N) is 4. The van der Waals surface area contributed by atoms with Crippen LogP contribution in [0.5, 0.6) is 0 Å². The molecular weight excluding hydrogens is 329 g/mol. The average Bonchev–Trinajstić information content (AvgIpc) is 3.25. The third-order valence-electron chi connectivity index (χ3n) is 3.28. The molecule has 3 aromatic rings. The number of carbonyl (C=O) groups excluding carboxylic acids is 1. The highest BCUT2D eigenvalue weighted by atomic mass is 32.1. The second kappa shape index (κ2) is 7.02.